The fourth-order valence-electron chi connectivity index (χ4n) is 3.34. The lowest BCUT2D eigenvalue weighted by atomic mass is 10.2. The molecule has 0 bridgehead atoms. The van der Waals surface area contributed by atoms with E-state index in [4.69, 9.17) is 21.1 Å². The van der Waals surface area contributed by atoms with Crippen LogP contribution in [0, 0.1) is 0 Å². The summed E-state index contributed by atoms with van der Waals surface area (Å²) in [5.41, 5.74) is 3.06. The SMILES string of the molecule is COc1cc(CNCCCSc2nnnn2-c2ccccc2)cc(Cl)c1OCc1ccccc1. The van der Waals surface area contributed by atoms with Crippen molar-refractivity contribution in [3.05, 3.63) is 88.9 Å². The van der Waals surface area contributed by atoms with Gasteiger partial charge in [0.25, 0.3) is 0 Å². The second kappa shape index (κ2) is 12.4. The molecule has 0 aliphatic heterocycles. The minimum atomic E-state index is 0.430. The average molecular weight is 496 g/mol. The lowest BCUT2D eigenvalue weighted by Gasteiger charge is -2.14. The number of aromatic nitrogens is 4. The molecule has 34 heavy (non-hydrogen) atoms. The number of nitrogens with one attached hydrogen (secondary N) is 1. The van der Waals surface area contributed by atoms with E-state index in [-0.39, 0.29) is 0 Å². The Labute approximate surface area is 208 Å². The molecular formula is C25H26ClN5O2S. The van der Waals surface area contributed by atoms with Gasteiger partial charge in [-0.2, -0.15) is 4.68 Å². The van der Waals surface area contributed by atoms with Crippen LogP contribution in [0.5, 0.6) is 11.5 Å². The molecule has 0 amide bonds. The predicted octanol–water partition coefficient (Wildman–Crippen LogP) is 5.18. The predicted molar refractivity (Wildman–Crippen MR) is 135 cm³/mol. The first-order valence-corrected chi connectivity index (χ1v) is 12.3. The van der Waals surface area contributed by atoms with Crippen molar-refractivity contribution in [1.82, 2.24) is 25.5 Å². The van der Waals surface area contributed by atoms with Crippen molar-refractivity contribution < 1.29 is 9.47 Å². The van der Waals surface area contributed by atoms with Crippen LogP contribution in [0.1, 0.15) is 17.5 Å². The Hall–Kier alpha value is -3.07. The molecule has 1 aromatic heterocycles. The van der Waals surface area contributed by atoms with Gasteiger partial charge < -0.3 is 14.8 Å². The Balaban J connectivity index is 1.24. The number of nitrogens with zero attached hydrogens (tertiary/aromatic N) is 4. The molecule has 7 nitrogen and oxygen atoms in total. The van der Waals surface area contributed by atoms with E-state index >= 15 is 0 Å². The molecule has 0 atom stereocenters. The molecular weight excluding hydrogens is 470 g/mol. The Bertz CT molecular complexity index is 1170. The van der Waals surface area contributed by atoms with Gasteiger partial charge in [0.05, 0.1) is 17.8 Å². The van der Waals surface area contributed by atoms with Crippen molar-refractivity contribution >= 4 is 23.4 Å². The van der Waals surface area contributed by atoms with Gasteiger partial charge in [0.2, 0.25) is 5.16 Å². The number of tetrazole rings is 1. The first-order valence-electron chi connectivity index (χ1n) is 10.9. The number of methoxy groups -OCH3 is 1. The van der Waals surface area contributed by atoms with Gasteiger partial charge in [-0.1, -0.05) is 71.9 Å². The molecule has 1 N–H and O–H groups in total. The van der Waals surface area contributed by atoms with Crippen molar-refractivity contribution in [3.63, 3.8) is 0 Å². The van der Waals surface area contributed by atoms with Gasteiger partial charge in [0.15, 0.2) is 11.5 Å². The molecule has 0 fully saturated rings. The summed E-state index contributed by atoms with van der Waals surface area (Å²) in [6.45, 7) is 1.97. The number of benzene rings is 3. The molecule has 9 heteroatoms. The maximum atomic E-state index is 6.51. The number of rotatable bonds is 12. The third kappa shape index (κ3) is 6.50. The first kappa shape index (κ1) is 24.1. The van der Waals surface area contributed by atoms with E-state index in [0.717, 1.165) is 40.7 Å². The highest BCUT2D eigenvalue weighted by atomic mass is 35.5. The summed E-state index contributed by atoms with van der Waals surface area (Å²) in [6, 6.07) is 23.7. The number of hydrogen-bond acceptors (Lipinski definition) is 7. The molecule has 4 rings (SSSR count). The van der Waals surface area contributed by atoms with Crippen molar-refractivity contribution in [3.8, 4) is 17.2 Å². The summed E-state index contributed by atoms with van der Waals surface area (Å²) >= 11 is 8.15. The fraction of sp³-hybridized carbons (Fsp3) is 0.240. The molecule has 0 saturated carbocycles. The van der Waals surface area contributed by atoms with Crippen LogP contribution in [-0.4, -0.2) is 39.6 Å². The minimum absolute atomic E-state index is 0.430. The van der Waals surface area contributed by atoms with E-state index in [2.05, 4.69) is 20.8 Å². The van der Waals surface area contributed by atoms with Crippen LogP contribution in [0.4, 0.5) is 0 Å². The van der Waals surface area contributed by atoms with Crippen molar-refractivity contribution in [2.24, 2.45) is 0 Å². The number of ether oxygens (including phenoxy) is 2. The quantitative estimate of drug-likeness (QED) is 0.214. The van der Waals surface area contributed by atoms with Crippen LogP contribution in [0.15, 0.2) is 78.0 Å². The van der Waals surface area contributed by atoms with Gasteiger partial charge in [-0.15, -0.1) is 5.10 Å². The zero-order chi connectivity index (χ0) is 23.6. The summed E-state index contributed by atoms with van der Waals surface area (Å²) in [6.07, 6.45) is 0.968. The first-order chi connectivity index (χ1) is 16.7. The van der Waals surface area contributed by atoms with Gasteiger partial charge in [-0.25, -0.2) is 0 Å². The van der Waals surface area contributed by atoms with E-state index in [1.165, 1.54) is 0 Å². The summed E-state index contributed by atoms with van der Waals surface area (Å²) < 4.78 is 13.2. The van der Waals surface area contributed by atoms with Crippen LogP contribution >= 0.6 is 23.4 Å². The zero-order valence-corrected chi connectivity index (χ0v) is 20.4. The maximum Gasteiger partial charge on any atom is 0.214 e. The second-order valence-corrected chi connectivity index (χ2v) is 8.94. The van der Waals surface area contributed by atoms with Gasteiger partial charge >= 0.3 is 0 Å². The fourth-order valence-corrected chi connectivity index (χ4v) is 4.46. The standard InChI is InChI=1S/C25H26ClN5O2S/c1-32-23-16-20(15-22(26)24(23)33-18-19-9-4-2-5-10-19)17-27-13-8-14-34-25-28-29-30-31(25)21-11-6-3-7-12-21/h2-7,9-12,15-16,27H,8,13-14,17-18H2,1H3. The van der Waals surface area contributed by atoms with Crippen LogP contribution in [-0.2, 0) is 13.2 Å². The van der Waals surface area contributed by atoms with Gasteiger partial charge in [0, 0.05) is 12.3 Å². The van der Waals surface area contributed by atoms with E-state index in [1.54, 1.807) is 23.6 Å². The lowest BCUT2D eigenvalue weighted by Crippen LogP contribution is -2.15. The molecule has 0 saturated heterocycles. The number of thioether (sulfide) groups is 1. The molecule has 3 aromatic carbocycles. The van der Waals surface area contributed by atoms with Crippen LogP contribution in [0.25, 0.3) is 5.69 Å². The molecule has 4 aromatic rings. The average Bonchev–Trinajstić information content (AvgIpc) is 3.35. The molecule has 1 heterocycles. The maximum absolute atomic E-state index is 6.51. The van der Waals surface area contributed by atoms with Crippen LogP contribution in [0.2, 0.25) is 5.02 Å². The molecule has 0 aliphatic carbocycles. The van der Waals surface area contributed by atoms with Gasteiger partial charge in [0.1, 0.15) is 6.61 Å². The Morgan fingerprint density at radius 2 is 1.76 bits per heavy atom. The molecule has 0 spiro atoms. The third-order valence-electron chi connectivity index (χ3n) is 5.02. The van der Waals surface area contributed by atoms with Crippen molar-refractivity contribution in [2.45, 2.75) is 24.7 Å². The van der Waals surface area contributed by atoms with E-state index < -0.39 is 0 Å². The number of halogens is 1. The molecule has 0 radical (unpaired) electrons. The van der Waals surface area contributed by atoms with Gasteiger partial charge in [-0.05, 0) is 58.8 Å². The largest absolute Gasteiger partial charge is 0.493 e. The third-order valence-corrected chi connectivity index (χ3v) is 6.30. The lowest BCUT2D eigenvalue weighted by molar-refractivity contribution is 0.284. The summed E-state index contributed by atoms with van der Waals surface area (Å²) in [5.74, 6) is 2.09. The minimum Gasteiger partial charge on any atom is -0.493 e. The van der Waals surface area contributed by atoms with Crippen LogP contribution < -0.4 is 14.8 Å². The Kier molecular flexibility index (Phi) is 8.78. The highest BCUT2D eigenvalue weighted by molar-refractivity contribution is 7.99. The molecule has 0 unspecified atom stereocenters. The highest BCUT2D eigenvalue weighted by Gasteiger charge is 2.13. The zero-order valence-electron chi connectivity index (χ0n) is 18.9. The molecule has 0 aliphatic rings. The summed E-state index contributed by atoms with van der Waals surface area (Å²) in [7, 11) is 1.62. The van der Waals surface area contributed by atoms with Crippen molar-refractivity contribution in [2.75, 3.05) is 19.4 Å². The van der Waals surface area contributed by atoms with Crippen molar-refractivity contribution in [1.29, 1.82) is 0 Å². The van der Waals surface area contributed by atoms with E-state index in [9.17, 15) is 0 Å². The smallest absolute Gasteiger partial charge is 0.214 e. The summed E-state index contributed by atoms with van der Waals surface area (Å²) in [4.78, 5) is 0. The monoisotopic (exact) mass is 495 g/mol. The number of para-hydroxylation sites is 1. The summed E-state index contributed by atoms with van der Waals surface area (Å²) in [5, 5.41) is 16.8. The Morgan fingerprint density at radius 1 is 1.00 bits per heavy atom. The normalized spacial score (nSPS) is 10.9. The number of hydrogen-bond donors (Lipinski definition) is 1. The van der Waals surface area contributed by atoms with Gasteiger partial charge in [-0.3, -0.25) is 0 Å². The highest BCUT2D eigenvalue weighted by Crippen LogP contribution is 2.37. The topological polar surface area (TPSA) is 74.1 Å². The Morgan fingerprint density at radius 3 is 2.53 bits per heavy atom. The van der Waals surface area contributed by atoms with E-state index in [0.29, 0.717) is 29.7 Å². The molecule has 176 valence electrons. The van der Waals surface area contributed by atoms with Crippen LogP contribution in [0.3, 0.4) is 0 Å². The second-order valence-electron chi connectivity index (χ2n) is 7.47. The van der Waals surface area contributed by atoms with E-state index in [1.807, 2.05) is 72.8 Å².